The Morgan fingerprint density at radius 3 is 2.66 bits per heavy atom. The lowest BCUT2D eigenvalue weighted by Crippen LogP contribution is -2.29. The first kappa shape index (κ1) is 22.0. The number of aliphatic carboxylic acids is 1. The molecule has 3 N–H and O–H groups in total. The molecule has 0 saturated heterocycles. The van der Waals surface area contributed by atoms with Gasteiger partial charge in [0.1, 0.15) is 0 Å². The molecule has 0 fully saturated rings. The van der Waals surface area contributed by atoms with E-state index in [2.05, 4.69) is 14.7 Å². The number of anilines is 2. The Balaban J connectivity index is 1.60. The minimum absolute atomic E-state index is 0.612. The lowest BCUT2D eigenvalue weighted by atomic mass is 10.0. The third kappa shape index (κ3) is 4.65. The molecule has 0 aliphatic rings. The minimum atomic E-state index is -1.21. The molecule has 0 spiro atoms. The first-order valence-corrected chi connectivity index (χ1v) is 11.0. The third-order valence-electron chi connectivity index (χ3n) is 4.93. The molecule has 0 bridgehead atoms. The van der Waals surface area contributed by atoms with Gasteiger partial charge in [0.15, 0.2) is 11.9 Å². The molecule has 0 amide bonds. The Labute approximate surface area is 194 Å². The number of fused-ring (bicyclic) bond motifs is 1. The van der Waals surface area contributed by atoms with Crippen molar-refractivity contribution in [3.05, 3.63) is 77.3 Å². The van der Waals surface area contributed by atoms with Crippen molar-refractivity contribution in [2.75, 3.05) is 5.32 Å². The van der Waals surface area contributed by atoms with Crippen molar-refractivity contribution in [3.63, 3.8) is 0 Å². The summed E-state index contributed by atoms with van der Waals surface area (Å²) in [6.45, 7) is 1.40. The van der Waals surface area contributed by atoms with E-state index in [1.165, 1.54) is 24.7 Å². The van der Waals surface area contributed by atoms with E-state index in [4.69, 9.17) is 16.7 Å². The van der Waals surface area contributed by atoms with Gasteiger partial charge in [0.2, 0.25) is 0 Å². The normalized spacial score (nSPS) is 13.3. The first-order chi connectivity index (χ1) is 15.4. The average molecular weight is 466 g/mol. The van der Waals surface area contributed by atoms with Crippen molar-refractivity contribution in [1.82, 2.24) is 4.37 Å². The first-order valence-electron chi connectivity index (χ1n) is 9.88. The van der Waals surface area contributed by atoms with Crippen LogP contribution in [0.15, 0.2) is 71.7 Å². The molecule has 2 atom stereocenters. The number of aromatic nitrogens is 1. The summed E-state index contributed by atoms with van der Waals surface area (Å²) in [5, 5.41) is 23.6. The number of aliphatic hydroxyl groups excluding tert-OH is 1. The Morgan fingerprint density at radius 2 is 1.94 bits per heavy atom. The summed E-state index contributed by atoms with van der Waals surface area (Å²) in [4.78, 5) is 15.2. The van der Waals surface area contributed by atoms with E-state index >= 15 is 0 Å². The molecule has 0 aliphatic carbocycles. The average Bonchev–Trinajstić information content (AvgIpc) is 3.17. The molecule has 0 aliphatic heterocycles. The van der Waals surface area contributed by atoms with Gasteiger partial charge in [0, 0.05) is 17.2 Å². The van der Waals surface area contributed by atoms with Crippen molar-refractivity contribution in [2.24, 2.45) is 4.99 Å². The number of hydrogen-bond donors (Lipinski definition) is 3. The molecule has 0 saturated carbocycles. The Hall–Kier alpha value is -3.26. The van der Waals surface area contributed by atoms with E-state index < -0.39 is 18.1 Å². The summed E-state index contributed by atoms with van der Waals surface area (Å²) < 4.78 is 5.43. The number of carboxylic acid groups (broad SMARTS) is 1. The maximum absolute atomic E-state index is 11.2. The number of aliphatic imine (C=N–C) groups is 1. The van der Waals surface area contributed by atoms with Gasteiger partial charge in [-0.1, -0.05) is 60.1 Å². The number of carboxylic acids is 1. The van der Waals surface area contributed by atoms with E-state index in [-0.39, 0.29) is 0 Å². The zero-order valence-electron chi connectivity index (χ0n) is 17.1. The van der Waals surface area contributed by atoms with Crippen LogP contribution in [0.1, 0.15) is 12.5 Å². The molecule has 0 radical (unpaired) electrons. The van der Waals surface area contributed by atoms with Gasteiger partial charge in [-0.25, -0.2) is 4.79 Å². The zero-order chi connectivity index (χ0) is 22.7. The quantitative estimate of drug-likeness (QED) is 0.308. The van der Waals surface area contributed by atoms with Crippen molar-refractivity contribution in [3.8, 4) is 11.1 Å². The van der Waals surface area contributed by atoms with Gasteiger partial charge in [-0.3, -0.25) is 4.99 Å². The van der Waals surface area contributed by atoms with Gasteiger partial charge < -0.3 is 15.5 Å². The number of carbonyl (C=O) groups is 1. The number of rotatable bonds is 7. The number of halogens is 1. The Morgan fingerprint density at radius 1 is 1.16 bits per heavy atom. The van der Waals surface area contributed by atoms with Crippen LogP contribution < -0.4 is 5.32 Å². The Bertz CT molecular complexity index is 1290. The monoisotopic (exact) mass is 465 g/mol. The smallest absolute Gasteiger partial charge is 0.331 e. The van der Waals surface area contributed by atoms with E-state index in [0.717, 1.165) is 32.5 Å². The molecule has 4 rings (SSSR count). The number of aliphatic hydroxyl groups is 1. The van der Waals surface area contributed by atoms with Crippen LogP contribution in [0.3, 0.4) is 0 Å². The SMILES string of the molecule is CC(O)C(N=Cc1ccc2c(Nc3cccc(-c4ccccc4)c3Cl)nsc2c1)C(=O)O. The summed E-state index contributed by atoms with van der Waals surface area (Å²) >= 11 is 8.00. The van der Waals surface area contributed by atoms with Crippen molar-refractivity contribution < 1.29 is 15.0 Å². The second-order valence-corrected chi connectivity index (χ2v) is 8.43. The van der Waals surface area contributed by atoms with Crippen LogP contribution in [0.25, 0.3) is 21.2 Å². The molecule has 1 heterocycles. The zero-order valence-corrected chi connectivity index (χ0v) is 18.6. The number of nitrogens with one attached hydrogen (secondary N) is 1. The Kier molecular flexibility index (Phi) is 6.50. The molecular formula is C24H20ClN3O3S. The summed E-state index contributed by atoms with van der Waals surface area (Å²) in [6, 6.07) is 20.2. The van der Waals surface area contributed by atoms with Gasteiger partial charge >= 0.3 is 5.97 Å². The molecule has 3 aromatic carbocycles. The molecule has 162 valence electrons. The van der Waals surface area contributed by atoms with Gasteiger partial charge in [0.25, 0.3) is 0 Å². The van der Waals surface area contributed by atoms with Crippen LogP contribution in [0.5, 0.6) is 0 Å². The van der Waals surface area contributed by atoms with E-state index in [1.54, 1.807) is 0 Å². The molecule has 2 unspecified atom stereocenters. The predicted molar refractivity (Wildman–Crippen MR) is 130 cm³/mol. The molecule has 6 nitrogen and oxygen atoms in total. The van der Waals surface area contributed by atoms with Crippen LogP contribution in [0, 0.1) is 0 Å². The lowest BCUT2D eigenvalue weighted by Gasteiger charge is -2.11. The van der Waals surface area contributed by atoms with Crippen molar-refractivity contribution in [1.29, 1.82) is 0 Å². The highest BCUT2D eigenvalue weighted by atomic mass is 35.5. The van der Waals surface area contributed by atoms with Gasteiger partial charge in [-0.15, -0.1) is 0 Å². The second-order valence-electron chi connectivity index (χ2n) is 7.25. The molecule has 32 heavy (non-hydrogen) atoms. The minimum Gasteiger partial charge on any atom is -0.480 e. The fraction of sp³-hybridized carbons (Fsp3) is 0.125. The van der Waals surface area contributed by atoms with Crippen LogP contribution in [0.4, 0.5) is 11.5 Å². The van der Waals surface area contributed by atoms with Gasteiger partial charge in [-0.05, 0) is 47.8 Å². The largest absolute Gasteiger partial charge is 0.480 e. The second kappa shape index (κ2) is 9.48. The maximum Gasteiger partial charge on any atom is 0.331 e. The summed E-state index contributed by atoms with van der Waals surface area (Å²) in [7, 11) is 0. The highest BCUT2D eigenvalue weighted by Gasteiger charge is 2.21. The van der Waals surface area contributed by atoms with Crippen LogP contribution in [-0.2, 0) is 4.79 Å². The highest BCUT2D eigenvalue weighted by molar-refractivity contribution is 7.13. The maximum atomic E-state index is 11.2. The van der Waals surface area contributed by atoms with Gasteiger partial charge in [0.05, 0.1) is 21.5 Å². The fourth-order valence-corrected chi connectivity index (χ4v) is 4.35. The highest BCUT2D eigenvalue weighted by Crippen LogP contribution is 2.37. The molecular weight excluding hydrogens is 446 g/mol. The lowest BCUT2D eigenvalue weighted by molar-refractivity contribution is -0.140. The van der Waals surface area contributed by atoms with Crippen molar-refractivity contribution in [2.45, 2.75) is 19.1 Å². The predicted octanol–water partition coefficient (Wildman–Crippen LogP) is 5.61. The fourth-order valence-electron chi connectivity index (χ4n) is 3.28. The number of nitrogens with zero attached hydrogens (tertiary/aromatic N) is 2. The standard InChI is InChI=1S/C24H20ClN3O3S/c1-14(29)22(24(30)31)26-13-15-10-11-18-20(12-15)32-28-23(18)27-19-9-5-8-17(21(19)25)16-6-3-2-4-7-16/h2-14,22,29H,1H3,(H,27,28)(H,30,31). The summed E-state index contributed by atoms with van der Waals surface area (Å²) in [5.74, 6) is -0.482. The van der Waals surface area contributed by atoms with Crippen LogP contribution in [-0.4, -0.2) is 38.9 Å². The van der Waals surface area contributed by atoms with E-state index in [0.29, 0.717) is 10.8 Å². The topological polar surface area (TPSA) is 94.8 Å². The number of hydrogen-bond acceptors (Lipinski definition) is 6. The third-order valence-corrected chi connectivity index (χ3v) is 6.14. The van der Waals surface area contributed by atoms with Crippen LogP contribution in [0.2, 0.25) is 5.02 Å². The summed E-state index contributed by atoms with van der Waals surface area (Å²) in [5.41, 5.74) is 3.45. The molecule has 4 aromatic rings. The van der Waals surface area contributed by atoms with Crippen LogP contribution >= 0.6 is 23.1 Å². The van der Waals surface area contributed by atoms with E-state index in [1.807, 2.05) is 66.7 Å². The van der Waals surface area contributed by atoms with Gasteiger partial charge in [-0.2, -0.15) is 4.37 Å². The molecule has 1 aromatic heterocycles. The summed E-state index contributed by atoms with van der Waals surface area (Å²) in [6.07, 6.45) is 0.376. The number of benzene rings is 3. The molecule has 8 heteroatoms. The van der Waals surface area contributed by atoms with E-state index in [9.17, 15) is 9.90 Å². The van der Waals surface area contributed by atoms with Crippen molar-refractivity contribution >= 4 is 56.9 Å².